The van der Waals surface area contributed by atoms with E-state index in [1.807, 2.05) is 36.4 Å². The smallest absolute Gasteiger partial charge is 0.335 e. The lowest BCUT2D eigenvalue weighted by molar-refractivity contribution is -0.168. The number of benzene rings is 2. The van der Waals surface area contributed by atoms with Crippen LogP contribution < -0.4 is 10.4 Å². The van der Waals surface area contributed by atoms with Crippen LogP contribution in [-0.4, -0.2) is 38.2 Å². The van der Waals surface area contributed by atoms with Gasteiger partial charge in [0.05, 0.1) is 6.61 Å². The van der Waals surface area contributed by atoms with Crippen molar-refractivity contribution in [1.82, 2.24) is 0 Å². The van der Waals surface area contributed by atoms with Gasteiger partial charge in [-0.1, -0.05) is 81.4 Å². The van der Waals surface area contributed by atoms with E-state index in [1.54, 1.807) is 0 Å². The molecule has 1 fully saturated rings. The number of aliphatic hydroxyl groups is 1. The fourth-order valence-corrected chi connectivity index (χ4v) is 8.45. The number of hydrogen-bond donors (Lipinski definition) is 1. The second-order valence-electron chi connectivity index (χ2n) is 8.13. The molecule has 3 rings (SSSR count). The van der Waals surface area contributed by atoms with E-state index in [9.17, 15) is 9.90 Å². The largest absolute Gasteiger partial charge is 0.458 e. The average Bonchev–Trinajstić information content (AvgIpc) is 2.66. The molecule has 0 bridgehead atoms. The van der Waals surface area contributed by atoms with E-state index in [0.29, 0.717) is 19.4 Å². The summed E-state index contributed by atoms with van der Waals surface area (Å²) in [7, 11) is -2.63. The zero-order valence-corrected chi connectivity index (χ0v) is 17.2. The minimum absolute atomic E-state index is 0.117. The van der Waals surface area contributed by atoms with Crippen molar-refractivity contribution in [2.24, 2.45) is 0 Å². The third kappa shape index (κ3) is 4.00. The highest BCUT2D eigenvalue weighted by Crippen LogP contribution is 2.37. The number of cyclic esters (lactones) is 1. The van der Waals surface area contributed by atoms with Gasteiger partial charge in [0.15, 0.2) is 6.10 Å². The van der Waals surface area contributed by atoms with E-state index in [1.165, 1.54) is 10.4 Å². The minimum atomic E-state index is -2.63. The molecule has 2 atom stereocenters. The normalized spacial score (nSPS) is 21.0. The summed E-state index contributed by atoms with van der Waals surface area (Å²) in [6.07, 6.45) is -0.282. The molecule has 0 unspecified atom stereocenters. The Morgan fingerprint density at radius 2 is 1.52 bits per heavy atom. The second kappa shape index (κ2) is 7.96. The molecule has 5 heteroatoms. The van der Waals surface area contributed by atoms with Crippen molar-refractivity contribution in [2.45, 2.75) is 50.9 Å². The fraction of sp³-hybridized carbons (Fsp3) is 0.409. The quantitative estimate of drug-likeness (QED) is 0.636. The minimum Gasteiger partial charge on any atom is -0.458 e. The number of aliphatic hydroxyl groups excluding tert-OH is 1. The van der Waals surface area contributed by atoms with Crippen LogP contribution in [0.3, 0.4) is 0 Å². The molecule has 0 radical (unpaired) electrons. The molecule has 1 heterocycles. The Morgan fingerprint density at radius 1 is 1.00 bits per heavy atom. The summed E-state index contributed by atoms with van der Waals surface area (Å²) in [5, 5.41) is 11.9. The SMILES string of the molecule is CC(C)(C)[Si](OC[C@@H]1CC[C@@H](O)C(=O)O1)(c1ccccc1)c1ccccc1. The maximum absolute atomic E-state index is 11.7. The van der Waals surface area contributed by atoms with E-state index < -0.39 is 20.4 Å². The summed E-state index contributed by atoms with van der Waals surface area (Å²) in [6.45, 7) is 6.99. The molecule has 0 amide bonds. The molecule has 144 valence electrons. The lowest BCUT2D eigenvalue weighted by Gasteiger charge is -2.43. The predicted molar refractivity (Wildman–Crippen MR) is 109 cm³/mol. The zero-order chi connectivity index (χ0) is 19.5. The van der Waals surface area contributed by atoms with Crippen molar-refractivity contribution in [3.63, 3.8) is 0 Å². The van der Waals surface area contributed by atoms with Gasteiger partial charge >= 0.3 is 5.97 Å². The van der Waals surface area contributed by atoms with Crippen LogP contribution in [0.2, 0.25) is 5.04 Å². The highest BCUT2D eigenvalue weighted by Gasteiger charge is 2.50. The molecule has 0 saturated carbocycles. The number of carbonyl (C=O) groups excluding carboxylic acids is 1. The molecule has 1 saturated heterocycles. The standard InChI is InChI=1S/C22H28O4Si/c1-22(2,3)27(18-10-6-4-7-11-18,19-12-8-5-9-13-19)25-16-17-14-15-20(23)21(24)26-17/h4-13,17,20,23H,14-16H2,1-3H3/t17-,20+/m0/s1. The third-order valence-corrected chi connectivity index (χ3v) is 10.2. The first-order chi connectivity index (χ1) is 12.8. The van der Waals surface area contributed by atoms with Gasteiger partial charge < -0.3 is 14.3 Å². The molecule has 1 N–H and O–H groups in total. The Bertz CT molecular complexity index is 715. The molecular formula is C22H28O4Si. The van der Waals surface area contributed by atoms with Gasteiger partial charge in [-0.15, -0.1) is 0 Å². The van der Waals surface area contributed by atoms with E-state index in [-0.39, 0.29) is 11.1 Å². The monoisotopic (exact) mass is 384 g/mol. The zero-order valence-electron chi connectivity index (χ0n) is 16.2. The van der Waals surface area contributed by atoms with Crippen molar-refractivity contribution in [3.8, 4) is 0 Å². The number of esters is 1. The maximum atomic E-state index is 11.7. The highest BCUT2D eigenvalue weighted by molar-refractivity contribution is 6.99. The van der Waals surface area contributed by atoms with Crippen LogP contribution in [0, 0.1) is 0 Å². The third-order valence-electron chi connectivity index (χ3n) is 5.22. The molecule has 4 nitrogen and oxygen atoms in total. The van der Waals surface area contributed by atoms with Crippen LogP contribution in [0.15, 0.2) is 60.7 Å². The Morgan fingerprint density at radius 3 is 1.96 bits per heavy atom. The van der Waals surface area contributed by atoms with Gasteiger partial charge in [-0.05, 0) is 28.3 Å². The second-order valence-corrected chi connectivity index (χ2v) is 12.4. The lowest BCUT2D eigenvalue weighted by Crippen LogP contribution is -2.67. The van der Waals surface area contributed by atoms with Crippen LogP contribution in [0.5, 0.6) is 0 Å². The van der Waals surface area contributed by atoms with Crippen molar-refractivity contribution >= 4 is 24.7 Å². The molecule has 1 aliphatic rings. The first-order valence-electron chi connectivity index (χ1n) is 9.48. The predicted octanol–water partition coefficient (Wildman–Crippen LogP) is 2.63. The van der Waals surface area contributed by atoms with Crippen LogP contribution >= 0.6 is 0 Å². The lowest BCUT2D eigenvalue weighted by atomic mass is 10.1. The van der Waals surface area contributed by atoms with E-state index >= 15 is 0 Å². The van der Waals surface area contributed by atoms with Gasteiger partial charge in [0, 0.05) is 0 Å². The molecule has 2 aromatic carbocycles. The first kappa shape index (κ1) is 19.8. The van der Waals surface area contributed by atoms with Crippen LogP contribution in [0.4, 0.5) is 0 Å². The molecular weight excluding hydrogens is 356 g/mol. The van der Waals surface area contributed by atoms with Gasteiger partial charge in [-0.3, -0.25) is 0 Å². The molecule has 0 aliphatic carbocycles. The highest BCUT2D eigenvalue weighted by atomic mass is 28.4. The van der Waals surface area contributed by atoms with Gasteiger partial charge in [-0.25, -0.2) is 4.79 Å². The molecule has 27 heavy (non-hydrogen) atoms. The van der Waals surface area contributed by atoms with Gasteiger partial charge in [0.2, 0.25) is 0 Å². The molecule has 0 aromatic heterocycles. The summed E-state index contributed by atoms with van der Waals surface area (Å²) in [4.78, 5) is 11.7. The Balaban J connectivity index is 1.98. The summed E-state index contributed by atoms with van der Waals surface area (Å²) < 4.78 is 12.2. The first-order valence-corrected chi connectivity index (χ1v) is 11.4. The van der Waals surface area contributed by atoms with Crippen molar-refractivity contribution in [2.75, 3.05) is 6.61 Å². The van der Waals surface area contributed by atoms with Crippen LogP contribution in [0.25, 0.3) is 0 Å². The van der Waals surface area contributed by atoms with Crippen molar-refractivity contribution in [1.29, 1.82) is 0 Å². The fourth-order valence-electron chi connectivity index (χ4n) is 3.86. The molecule has 2 aromatic rings. The summed E-state index contributed by atoms with van der Waals surface area (Å²) in [5.74, 6) is -0.544. The molecule has 0 spiro atoms. The topological polar surface area (TPSA) is 55.8 Å². The summed E-state index contributed by atoms with van der Waals surface area (Å²) in [6, 6.07) is 20.8. The van der Waals surface area contributed by atoms with Crippen molar-refractivity contribution in [3.05, 3.63) is 60.7 Å². The Labute approximate surface area is 162 Å². The van der Waals surface area contributed by atoms with Gasteiger partial charge in [0.25, 0.3) is 8.32 Å². The maximum Gasteiger partial charge on any atom is 0.335 e. The summed E-state index contributed by atoms with van der Waals surface area (Å²) in [5.41, 5.74) is 0. The number of rotatable bonds is 5. The average molecular weight is 385 g/mol. The number of carbonyl (C=O) groups is 1. The number of ether oxygens (including phenoxy) is 1. The Kier molecular flexibility index (Phi) is 5.84. The number of hydrogen-bond acceptors (Lipinski definition) is 4. The van der Waals surface area contributed by atoms with E-state index in [0.717, 1.165) is 0 Å². The Hall–Kier alpha value is -1.95. The molecule has 1 aliphatic heterocycles. The van der Waals surface area contributed by atoms with Crippen molar-refractivity contribution < 1.29 is 19.1 Å². The van der Waals surface area contributed by atoms with E-state index in [2.05, 4.69) is 45.0 Å². The van der Waals surface area contributed by atoms with Gasteiger partial charge in [0.1, 0.15) is 6.10 Å². The van der Waals surface area contributed by atoms with Crippen LogP contribution in [0.1, 0.15) is 33.6 Å². The van der Waals surface area contributed by atoms with Crippen LogP contribution in [-0.2, 0) is 14.0 Å². The van der Waals surface area contributed by atoms with E-state index in [4.69, 9.17) is 9.16 Å². The summed E-state index contributed by atoms with van der Waals surface area (Å²) >= 11 is 0. The van der Waals surface area contributed by atoms with Gasteiger partial charge in [-0.2, -0.15) is 0 Å².